The molecule has 2 aromatic rings. The number of benzene rings is 1. The Balaban J connectivity index is 0.00000180. The summed E-state index contributed by atoms with van der Waals surface area (Å²) in [5, 5.41) is 10.5. The lowest BCUT2D eigenvalue weighted by Crippen LogP contribution is -3.00. The van der Waals surface area contributed by atoms with Gasteiger partial charge in [-0.3, -0.25) is 10.1 Å². The first-order chi connectivity index (χ1) is 8.69. The molecule has 0 spiro atoms. The Morgan fingerprint density at radius 3 is 2.63 bits per heavy atom. The van der Waals surface area contributed by atoms with E-state index >= 15 is 0 Å². The van der Waals surface area contributed by atoms with E-state index in [2.05, 4.69) is 0 Å². The van der Waals surface area contributed by atoms with E-state index in [0.717, 1.165) is 5.56 Å². The Hall–Kier alpha value is -1.89. The van der Waals surface area contributed by atoms with Gasteiger partial charge in [0.15, 0.2) is 6.20 Å². The molecule has 0 unspecified atom stereocenters. The number of nitro groups is 1. The minimum absolute atomic E-state index is 0. The molecule has 0 N–H and O–H groups in total. The van der Waals surface area contributed by atoms with Crippen molar-refractivity contribution in [2.24, 2.45) is 0 Å². The monoisotopic (exact) mass is 327 g/mol. The summed E-state index contributed by atoms with van der Waals surface area (Å²) in [7, 11) is 0. The number of rotatable bonds is 5. The maximum absolute atomic E-state index is 10.5. The van der Waals surface area contributed by atoms with Gasteiger partial charge in [0.2, 0.25) is 0 Å². The first kappa shape index (κ1) is 15.2. The van der Waals surface area contributed by atoms with E-state index in [1.807, 2.05) is 30.2 Å². The van der Waals surface area contributed by atoms with Crippen LogP contribution in [0.25, 0.3) is 0 Å². The van der Waals surface area contributed by atoms with Crippen LogP contribution >= 0.6 is 0 Å². The number of halogens is 1. The first-order valence-corrected chi connectivity index (χ1v) is 5.62. The summed E-state index contributed by atoms with van der Waals surface area (Å²) in [5.74, 6) is 0. The van der Waals surface area contributed by atoms with Gasteiger partial charge in [0.05, 0.1) is 4.92 Å². The van der Waals surface area contributed by atoms with Gasteiger partial charge in [-0.25, -0.2) is 4.57 Å². The second-order valence-corrected chi connectivity index (χ2v) is 3.79. The summed E-state index contributed by atoms with van der Waals surface area (Å²) < 4.78 is 3.57. The first-order valence-electron chi connectivity index (χ1n) is 5.62. The Bertz CT molecular complexity index is 539. The molecule has 19 heavy (non-hydrogen) atoms. The van der Waals surface area contributed by atoms with Crippen LogP contribution in [0.5, 0.6) is 0 Å². The molecule has 0 saturated carbocycles. The molecule has 0 amide bonds. The van der Waals surface area contributed by atoms with Gasteiger partial charge < -0.3 is 21.8 Å². The third-order valence-electron chi connectivity index (χ3n) is 2.46. The van der Waals surface area contributed by atoms with Crippen molar-refractivity contribution in [3.8, 4) is 0 Å². The van der Waals surface area contributed by atoms with Gasteiger partial charge >= 0.3 is 0 Å². The SMILES string of the molecule is CCOn1cc[n+](Cc2ccc([N+](=O)[O-])cc2)c1.[Br-]. The van der Waals surface area contributed by atoms with Gasteiger partial charge in [-0.2, -0.15) is 0 Å². The molecule has 2 rings (SSSR count). The fourth-order valence-corrected chi connectivity index (χ4v) is 1.63. The number of aromatic nitrogens is 2. The molecule has 0 radical (unpaired) electrons. The molecule has 0 fully saturated rings. The molecule has 1 heterocycles. The minimum atomic E-state index is -0.400. The fraction of sp³-hybridized carbons (Fsp3) is 0.250. The molecule has 0 aliphatic carbocycles. The van der Waals surface area contributed by atoms with Crippen LogP contribution in [-0.2, 0) is 6.54 Å². The molecule has 6 nitrogen and oxygen atoms in total. The van der Waals surface area contributed by atoms with Crippen LogP contribution in [-0.4, -0.2) is 16.3 Å². The summed E-state index contributed by atoms with van der Waals surface area (Å²) in [4.78, 5) is 15.4. The molecule has 0 atom stereocenters. The van der Waals surface area contributed by atoms with Gasteiger partial charge in [-0.05, 0) is 24.6 Å². The van der Waals surface area contributed by atoms with E-state index in [1.54, 1.807) is 16.9 Å². The van der Waals surface area contributed by atoms with E-state index in [9.17, 15) is 10.1 Å². The molecule has 1 aromatic carbocycles. The average Bonchev–Trinajstić information content (AvgIpc) is 2.78. The molecule has 0 saturated heterocycles. The summed E-state index contributed by atoms with van der Waals surface area (Å²) in [5.41, 5.74) is 1.11. The van der Waals surface area contributed by atoms with Crippen molar-refractivity contribution in [2.45, 2.75) is 13.5 Å². The van der Waals surface area contributed by atoms with Crippen molar-refractivity contribution in [1.29, 1.82) is 0 Å². The molecule has 0 bridgehead atoms. The smallest absolute Gasteiger partial charge is 0.284 e. The van der Waals surface area contributed by atoms with Gasteiger partial charge in [-0.1, -0.05) is 4.73 Å². The van der Waals surface area contributed by atoms with E-state index in [1.165, 1.54) is 12.1 Å². The van der Waals surface area contributed by atoms with Crippen molar-refractivity contribution in [3.05, 3.63) is 58.7 Å². The van der Waals surface area contributed by atoms with E-state index < -0.39 is 4.92 Å². The Morgan fingerprint density at radius 1 is 1.37 bits per heavy atom. The molecule has 0 aliphatic rings. The highest BCUT2D eigenvalue weighted by Gasteiger charge is 2.07. The fourth-order valence-electron chi connectivity index (χ4n) is 1.63. The topological polar surface area (TPSA) is 61.2 Å². The second kappa shape index (κ2) is 6.89. The van der Waals surface area contributed by atoms with Gasteiger partial charge in [-0.15, -0.1) is 0 Å². The molecule has 1 aromatic heterocycles. The standard InChI is InChI=1S/C12H14N3O3.BrH/c1-2-18-14-8-7-13(10-14)9-11-3-5-12(6-4-11)15(16)17;/h3-8,10H,2,9H2,1H3;1H/q+1;/p-1. The van der Waals surface area contributed by atoms with Gasteiger partial charge in [0.25, 0.3) is 12.0 Å². The largest absolute Gasteiger partial charge is 1.00 e. The zero-order valence-electron chi connectivity index (χ0n) is 10.4. The molecule has 0 aliphatic heterocycles. The van der Waals surface area contributed by atoms with Crippen LogP contribution in [0, 0.1) is 10.1 Å². The normalized spacial score (nSPS) is 9.74. The maximum Gasteiger partial charge on any atom is 0.284 e. The molecular weight excluding hydrogens is 314 g/mol. The lowest BCUT2D eigenvalue weighted by molar-refractivity contribution is -0.688. The number of nitrogens with zero attached hydrogens (tertiary/aromatic N) is 3. The van der Waals surface area contributed by atoms with E-state index in [-0.39, 0.29) is 22.7 Å². The van der Waals surface area contributed by atoms with Gasteiger partial charge in [0, 0.05) is 12.1 Å². The minimum Gasteiger partial charge on any atom is -1.00 e. The van der Waals surface area contributed by atoms with Crippen LogP contribution in [0.1, 0.15) is 12.5 Å². The summed E-state index contributed by atoms with van der Waals surface area (Å²) in [6.07, 6.45) is 5.52. The highest BCUT2D eigenvalue weighted by atomic mass is 79.9. The average molecular weight is 328 g/mol. The summed E-state index contributed by atoms with van der Waals surface area (Å²) in [6.45, 7) is 3.17. The maximum atomic E-state index is 10.5. The van der Waals surface area contributed by atoms with Crippen LogP contribution in [0.2, 0.25) is 0 Å². The zero-order chi connectivity index (χ0) is 13.0. The number of hydrogen-bond acceptors (Lipinski definition) is 3. The van der Waals surface area contributed by atoms with Crippen LogP contribution in [0.15, 0.2) is 43.0 Å². The molecule has 102 valence electrons. The van der Waals surface area contributed by atoms with Crippen molar-refractivity contribution in [1.82, 2.24) is 4.73 Å². The second-order valence-electron chi connectivity index (χ2n) is 3.79. The van der Waals surface area contributed by atoms with Crippen molar-refractivity contribution < 1.29 is 31.3 Å². The van der Waals surface area contributed by atoms with Crippen LogP contribution < -0.4 is 26.4 Å². The molecular formula is C12H14BrN3O3. The van der Waals surface area contributed by atoms with Gasteiger partial charge in [0.1, 0.15) is 19.3 Å². The van der Waals surface area contributed by atoms with Crippen molar-refractivity contribution in [2.75, 3.05) is 6.61 Å². The Labute approximate surface area is 121 Å². The third-order valence-corrected chi connectivity index (χ3v) is 2.46. The lowest BCUT2D eigenvalue weighted by Gasteiger charge is -1.97. The zero-order valence-corrected chi connectivity index (χ0v) is 12.0. The van der Waals surface area contributed by atoms with Crippen molar-refractivity contribution in [3.63, 3.8) is 0 Å². The molecule has 7 heteroatoms. The summed E-state index contributed by atoms with van der Waals surface area (Å²) in [6, 6.07) is 6.52. The van der Waals surface area contributed by atoms with E-state index in [0.29, 0.717) is 13.2 Å². The quantitative estimate of drug-likeness (QED) is 0.369. The van der Waals surface area contributed by atoms with Crippen LogP contribution in [0.4, 0.5) is 5.69 Å². The number of hydrogen-bond donors (Lipinski definition) is 0. The lowest BCUT2D eigenvalue weighted by atomic mass is 10.2. The predicted molar refractivity (Wildman–Crippen MR) is 63.9 cm³/mol. The van der Waals surface area contributed by atoms with E-state index in [4.69, 9.17) is 4.84 Å². The van der Waals surface area contributed by atoms with Crippen molar-refractivity contribution >= 4 is 5.69 Å². The Morgan fingerprint density at radius 2 is 2.05 bits per heavy atom. The summed E-state index contributed by atoms with van der Waals surface area (Å²) >= 11 is 0. The number of non-ortho nitro benzene ring substituents is 1. The van der Waals surface area contributed by atoms with Crippen LogP contribution in [0.3, 0.4) is 0 Å². The third kappa shape index (κ3) is 4.06. The number of nitro benzene ring substituents is 1. The number of imidazole rings is 1. The highest BCUT2D eigenvalue weighted by molar-refractivity contribution is 5.32. The Kier molecular flexibility index (Phi) is 5.50. The predicted octanol–water partition coefficient (Wildman–Crippen LogP) is -1.82. The highest BCUT2D eigenvalue weighted by Crippen LogP contribution is 2.11.